The van der Waals surface area contributed by atoms with Crippen LogP contribution in [0.5, 0.6) is 5.75 Å². The van der Waals surface area contributed by atoms with Crippen LogP contribution in [0.25, 0.3) is 0 Å². The van der Waals surface area contributed by atoms with Gasteiger partial charge in [0.15, 0.2) is 9.84 Å². The lowest BCUT2D eigenvalue weighted by atomic mass is 9.96. The number of rotatable bonds is 3. The summed E-state index contributed by atoms with van der Waals surface area (Å²) in [6.07, 6.45) is 1.32. The van der Waals surface area contributed by atoms with Gasteiger partial charge >= 0.3 is 0 Å². The normalized spacial score (nSPS) is 26.7. The first-order valence-corrected chi connectivity index (χ1v) is 9.04. The molecule has 1 amide bonds. The van der Waals surface area contributed by atoms with Crippen molar-refractivity contribution in [1.29, 1.82) is 0 Å². The van der Waals surface area contributed by atoms with Gasteiger partial charge in [0.1, 0.15) is 12.4 Å². The van der Waals surface area contributed by atoms with Crippen LogP contribution in [0.15, 0.2) is 24.3 Å². The van der Waals surface area contributed by atoms with Gasteiger partial charge in [0.2, 0.25) is 5.91 Å². The van der Waals surface area contributed by atoms with E-state index in [0.29, 0.717) is 26.0 Å². The van der Waals surface area contributed by atoms with Gasteiger partial charge in [-0.05, 0) is 30.4 Å². The van der Waals surface area contributed by atoms with Crippen molar-refractivity contribution in [3.05, 3.63) is 29.8 Å². The Morgan fingerprint density at radius 3 is 2.90 bits per heavy atom. The van der Waals surface area contributed by atoms with Gasteiger partial charge in [-0.25, -0.2) is 8.42 Å². The lowest BCUT2D eigenvalue weighted by Gasteiger charge is -2.24. The Balaban J connectivity index is 1.53. The highest BCUT2D eigenvalue weighted by atomic mass is 32.2. The van der Waals surface area contributed by atoms with E-state index >= 15 is 0 Å². The molecule has 0 unspecified atom stereocenters. The van der Waals surface area contributed by atoms with Crippen molar-refractivity contribution >= 4 is 15.7 Å². The number of ether oxygens (including phenoxy) is 1. The molecule has 5 nitrogen and oxygen atoms in total. The van der Waals surface area contributed by atoms with Crippen molar-refractivity contribution in [3.8, 4) is 5.75 Å². The van der Waals surface area contributed by atoms with Crippen LogP contribution in [0.2, 0.25) is 0 Å². The fourth-order valence-electron chi connectivity index (χ4n) is 2.92. The number of carbonyl (C=O) groups is 1. The second-order valence-electron chi connectivity index (χ2n) is 5.83. The lowest BCUT2D eigenvalue weighted by Crippen LogP contribution is -2.39. The molecule has 3 rings (SSSR count). The van der Waals surface area contributed by atoms with Crippen LogP contribution in [0, 0.1) is 11.8 Å². The summed E-state index contributed by atoms with van der Waals surface area (Å²) < 4.78 is 28.4. The Labute approximate surface area is 124 Å². The van der Waals surface area contributed by atoms with E-state index in [2.05, 4.69) is 5.32 Å². The van der Waals surface area contributed by atoms with E-state index in [9.17, 15) is 13.2 Å². The molecule has 0 bridgehead atoms. The van der Waals surface area contributed by atoms with E-state index < -0.39 is 9.84 Å². The van der Waals surface area contributed by atoms with Gasteiger partial charge in [0.25, 0.3) is 0 Å². The van der Waals surface area contributed by atoms with E-state index in [1.807, 2.05) is 24.3 Å². The van der Waals surface area contributed by atoms with Crippen molar-refractivity contribution in [2.75, 3.05) is 24.7 Å². The molecule has 114 valence electrons. The molecular weight excluding hydrogens is 290 g/mol. The molecule has 0 aromatic heterocycles. The van der Waals surface area contributed by atoms with Crippen LogP contribution < -0.4 is 10.1 Å². The highest BCUT2D eigenvalue weighted by molar-refractivity contribution is 7.91. The number of nitrogens with one attached hydrogen (secondary N) is 1. The standard InChI is InChI=1S/C15H19NO4S/c17-15(16-8-11-5-6-21(18,19)10-11)13-7-12-3-1-2-4-14(12)20-9-13/h1-4,11,13H,5-10H2,(H,16,17)/t11-,13-/m0/s1. The van der Waals surface area contributed by atoms with Crippen LogP contribution in [-0.4, -0.2) is 39.0 Å². The molecule has 1 N–H and O–H groups in total. The number of sulfone groups is 1. The molecule has 2 atom stereocenters. The number of fused-ring (bicyclic) bond motifs is 1. The van der Waals surface area contributed by atoms with Crippen molar-refractivity contribution < 1.29 is 17.9 Å². The minimum Gasteiger partial charge on any atom is -0.492 e. The number of para-hydroxylation sites is 1. The lowest BCUT2D eigenvalue weighted by molar-refractivity contribution is -0.126. The van der Waals surface area contributed by atoms with Gasteiger partial charge in [0, 0.05) is 6.54 Å². The zero-order valence-electron chi connectivity index (χ0n) is 11.7. The average Bonchev–Trinajstić information content (AvgIpc) is 2.83. The molecule has 0 radical (unpaired) electrons. The first-order valence-electron chi connectivity index (χ1n) is 7.22. The van der Waals surface area contributed by atoms with Crippen LogP contribution >= 0.6 is 0 Å². The van der Waals surface area contributed by atoms with E-state index in [0.717, 1.165) is 11.3 Å². The van der Waals surface area contributed by atoms with E-state index in [1.54, 1.807) is 0 Å². The molecule has 0 saturated carbocycles. The monoisotopic (exact) mass is 309 g/mol. The van der Waals surface area contributed by atoms with Gasteiger partial charge < -0.3 is 10.1 Å². The van der Waals surface area contributed by atoms with Crippen LogP contribution in [0.1, 0.15) is 12.0 Å². The molecule has 21 heavy (non-hydrogen) atoms. The number of hydrogen-bond acceptors (Lipinski definition) is 4. The van der Waals surface area contributed by atoms with Crippen LogP contribution in [0.3, 0.4) is 0 Å². The Kier molecular flexibility index (Phi) is 3.89. The maximum absolute atomic E-state index is 12.2. The Morgan fingerprint density at radius 1 is 1.33 bits per heavy atom. The molecule has 1 fully saturated rings. The molecule has 2 heterocycles. The van der Waals surface area contributed by atoms with Gasteiger partial charge in [-0.2, -0.15) is 0 Å². The van der Waals surface area contributed by atoms with Crippen molar-refractivity contribution in [3.63, 3.8) is 0 Å². The Bertz CT molecular complexity index is 641. The van der Waals surface area contributed by atoms with E-state index in [1.165, 1.54) is 0 Å². The minimum atomic E-state index is -2.88. The molecule has 2 aliphatic heterocycles. The fraction of sp³-hybridized carbons (Fsp3) is 0.533. The van der Waals surface area contributed by atoms with Crippen molar-refractivity contribution in [2.24, 2.45) is 11.8 Å². The Hall–Kier alpha value is -1.56. The predicted octanol–water partition coefficient (Wildman–Crippen LogP) is 0.789. The zero-order chi connectivity index (χ0) is 14.9. The molecule has 2 aliphatic rings. The Morgan fingerprint density at radius 2 is 2.14 bits per heavy atom. The van der Waals surface area contributed by atoms with E-state index in [4.69, 9.17) is 4.74 Å². The van der Waals surface area contributed by atoms with Gasteiger partial charge in [0.05, 0.1) is 17.4 Å². The molecule has 0 aliphatic carbocycles. The quantitative estimate of drug-likeness (QED) is 0.896. The third kappa shape index (κ3) is 3.37. The molecule has 0 spiro atoms. The second kappa shape index (κ2) is 5.67. The summed E-state index contributed by atoms with van der Waals surface area (Å²) in [6.45, 7) is 0.821. The summed E-state index contributed by atoms with van der Waals surface area (Å²) >= 11 is 0. The van der Waals surface area contributed by atoms with E-state index in [-0.39, 0.29) is 29.2 Å². The summed E-state index contributed by atoms with van der Waals surface area (Å²) in [5.74, 6) is 1.09. The summed E-state index contributed by atoms with van der Waals surface area (Å²) in [5.41, 5.74) is 1.05. The molecule has 1 saturated heterocycles. The van der Waals surface area contributed by atoms with Crippen molar-refractivity contribution in [2.45, 2.75) is 12.8 Å². The summed E-state index contributed by atoms with van der Waals surface area (Å²) in [6, 6.07) is 7.73. The number of benzene rings is 1. The fourth-order valence-corrected chi connectivity index (χ4v) is 4.78. The topological polar surface area (TPSA) is 72.5 Å². The number of hydrogen-bond donors (Lipinski definition) is 1. The summed E-state index contributed by atoms with van der Waals surface area (Å²) in [7, 11) is -2.88. The van der Waals surface area contributed by atoms with Crippen LogP contribution in [0.4, 0.5) is 0 Å². The van der Waals surface area contributed by atoms with Gasteiger partial charge in [-0.15, -0.1) is 0 Å². The first-order chi connectivity index (χ1) is 10.0. The highest BCUT2D eigenvalue weighted by Gasteiger charge is 2.30. The number of carbonyl (C=O) groups excluding carboxylic acids is 1. The molecule has 1 aromatic carbocycles. The van der Waals surface area contributed by atoms with Gasteiger partial charge in [-0.1, -0.05) is 18.2 Å². The summed E-state index contributed by atoms with van der Waals surface area (Å²) in [4.78, 5) is 12.2. The minimum absolute atomic E-state index is 0.0474. The highest BCUT2D eigenvalue weighted by Crippen LogP contribution is 2.27. The molecule has 6 heteroatoms. The predicted molar refractivity (Wildman–Crippen MR) is 78.9 cm³/mol. The summed E-state index contributed by atoms with van der Waals surface area (Å²) in [5, 5.41) is 2.88. The zero-order valence-corrected chi connectivity index (χ0v) is 12.6. The third-order valence-electron chi connectivity index (χ3n) is 4.14. The maximum atomic E-state index is 12.2. The SMILES string of the molecule is O=C(NC[C@@H]1CCS(=O)(=O)C1)[C@@H]1COc2ccccc2C1. The second-order valence-corrected chi connectivity index (χ2v) is 8.06. The number of amides is 1. The molecule has 1 aromatic rings. The third-order valence-corrected chi connectivity index (χ3v) is 5.98. The van der Waals surface area contributed by atoms with Crippen LogP contribution in [-0.2, 0) is 21.1 Å². The van der Waals surface area contributed by atoms with Gasteiger partial charge in [-0.3, -0.25) is 4.79 Å². The maximum Gasteiger partial charge on any atom is 0.226 e. The largest absolute Gasteiger partial charge is 0.492 e. The van der Waals surface area contributed by atoms with Crippen molar-refractivity contribution in [1.82, 2.24) is 5.32 Å². The smallest absolute Gasteiger partial charge is 0.226 e. The molecular formula is C15H19NO4S. The first kappa shape index (κ1) is 14.4. The average molecular weight is 309 g/mol.